The molecule has 0 atom stereocenters. The van der Waals surface area contributed by atoms with E-state index in [0.29, 0.717) is 12.0 Å². The molecular weight excluding hydrogens is 276 g/mol. The SMILES string of the molecule is C=C(C(=O)O)C(C)C.C=C(CCC)C(=O)O.C=CC(=O)O. The summed E-state index contributed by atoms with van der Waals surface area (Å²) in [5, 5.41) is 24.1. The van der Waals surface area contributed by atoms with Gasteiger partial charge in [-0.2, -0.15) is 0 Å². The van der Waals surface area contributed by atoms with Gasteiger partial charge in [0, 0.05) is 17.2 Å². The Bertz CT molecular complexity index is 393. The van der Waals surface area contributed by atoms with Crippen LogP contribution < -0.4 is 0 Å². The van der Waals surface area contributed by atoms with Crippen molar-refractivity contribution in [2.45, 2.75) is 33.6 Å². The molecule has 6 nitrogen and oxygen atoms in total. The van der Waals surface area contributed by atoms with Crippen molar-refractivity contribution in [3.63, 3.8) is 0 Å². The number of hydrogen-bond donors (Lipinski definition) is 3. The minimum absolute atomic E-state index is 0.0486. The second kappa shape index (κ2) is 14.0. The molecule has 0 amide bonds. The molecule has 0 fully saturated rings. The van der Waals surface area contributed by atoms with Gasteiger partial charge in [-0.05, 0) is 12.3 Å². The summed E-state index contributed by atoms with van der Waals surface area (Å²) in [5.41, 5.74) is 0.567. The number of aliphatic carboxylic acids is 3. The van der Waals surface area contributed by atoms with Gasteiger partial charge in [0.1, 0.15) is 0 Å². The second-order valence-electron chi connectivity index (χ2n) is 4.19. The minimum Gasteiger partial charge on any atom is -0.478 e. The van der Waals surface area contributed by atoms with E-state index < -0.39 is 17.9 Å². The maximum atomic E-state index is 10.0. The van der Waals surface area contributed by atoms with Crippen LogP contribution >= 0.6 is 0 Å². The van der Waals surface area contributed by atoms with E-state index in [0.717, 1.165) is 12.5 Å². The Kier molecular flexibility index (Phi) is 15.9. The predicted octanol–water partition coefficient (Wildman–Crippen LogP) is 2.97. The molecule has 21 heavy (non-hydrogen) atoms. The van der Waals surface area contributed by atoms with Gasteiger partial charge in [0.2, 0.25) is 0 Å². The lowest BCUT2D eigenvalue weighted by Crippen LogP contribution is -2.04. The van der Waals surface area contributed by atoms with Crippen molar-refractivity contribution in [1.82, 2.24) is 0 Å². The van der Waals surface area contributed by atoms with Gasteiger partial charge in [-0.25, -0.2) is 14.4 Å². The molecule has 0 aliphatic carbocycles. The maximum Gasteiger partial charge on any atom is 0.331 e. The fourth-order valence-corrected chi connectivity index (χ4v) is 0.656. The lowest BCUT2D eigenvalue weighted by molar-refractivity contribution is -0.133. The third kappa shape index (κ3) is 20.1. The molecule has 0 bridgehead atoms. The zero-order valence-corrected chi connectivity index (χ0v) is 12.8. The Morgan fingerprint density at radius 1 is 1.05 bits per heavy atom. The molecule has 0 heterocycles. The van der Waals surface area contributed by atoms with Crippen LogP contribution in [0.2, 0.25) is 0 Å². The average Bonchev–Trinajstić information content (AvgIpc) is 2.39. The summed E-state index contributed by atoms with van der Waals surface area (Å²) >= 11 is 0. The van der Waals surface area contributed by atoms with E-state index in [2.05, 4.69) is 19.7 Å². The van der Waals surface area contributed by atoms with Crippen LogP contribution in [0.3, 0.4) is 0 Å². The quantitative estimate of drug-likeness (QED) is 0.650. The van der Waals surface area contributed by atoms with Gasteiger partial charge in [-0.3, -0.25) is 0 Å². The lowest BCUT2D eigenvalue weighted by Gasteiger charge is -2.00. The molecule has 0 rings (SSSR count). The van der Waals surface area contributed by atoms with Crippen molar-refractivity contribution >= 4 is 17.9 Å². The fraction of sp³-hybridized carbons (Fsp3) is 0.400. The van der Waals surface area contributed by atoms with Crippen molar-refractivity contribution in [3.8, 4) is 0 Å². The summed E-state index contributed by atoms with van der Waals surface area (Å²) in [6.07, 6.45) is 2.28. The Labute approximate surface area is 125 Å². The summed E-state index contributed by atoms with van der Waals surface area (Å²) < 4.78 is 0. The molecular formula is C15H24O6. The number of carbonyl (C=O) groups is 3. The van der Waals surface area contributed by atoms with Crippen molar-refractivity contribution in [2.24, 2.45) is 5.92 Å². The van der Waals surface area contributed by atoms with Gasteiger partial charge in [0.05, 0.1) is 0 Å². The van der Waals surface area contributed by atoms with Gasteiger partial charge in [0.15, 0.2) is 0 Å². The lowest BCUT2D eigenvalue weighted by atomic mass is 10.1. The molecule has 6 heteroatoms. The highest BCUT2D eigenvalue weighted by Gasteiger charge is 2.06. The monoisotopic (exact) mass is 300 g/mol. The van der Waals surface area contributed by atoms with Crippen molar-refractivity contribution in [2.75, 3.05) is 0 Å². The summed E-state index contributed by atoms with van der Waals surface area (Å²) in [6, 6.07) is 0. The van der Waals surface area contributed by atoms with Crippen LogP contribution in [0.5, 0.6) is 0 Å². The van der Waals surface area contributed by atoms with Gasteiger partial charge in [0.25, 0.3) is 0 Å². The average molecular weight is 300 g/mol. The fourth-order valence-electron chi connectivity index (χ4n) is 0.656. The largest absolute Gasteiger partial charge is 0.478 e. The van der Waals surface area contributed by atoms with Gasteiger partial charge < -0.3 is 15.3 Å². The van der Waals surface area contributed by atoms with Crippen LogP contribution in [0.25, 0.3) is 0 Å². The van der Waals surface area contributed by atoms with Crippen LogP contribution in [-0.4, -0.2) is 33.2 Å². The Morgan fingerprint density at radius 2 is 1.43 bits per heavy atom. The first-order valence-electron chi connectivity index (χ1n) is 6.19. The first-order valence-corrected chi connectivity index (χ1v) is 6.19. The molecule has 0 aliphatic rings. The van der Waals surface area contributed by atoms with Gasteiger partial charge in [-0.1, -0.05) is 46.9 Å². The van der Waals surface area contributed by atoms with Crippen LogP contribution in [0.1, 0.15) is 33.6 Å². The maximum absolute atomic E-state index is 10.0. The van der Waals surface area contributed by atoms with E-state index in [4.69, 9.17) is 15.3 Å². The Hall–Kier alpha value is -2.37. The van der Waals surface area contributed by atoms with Crippen LogP contribution in [-0.2, 0) is 14.4 Å². The van der Waals surface area contributed by atoms with E-state index in [1.54, 1.807) is 13.8 Å². The number of carboxylic acids is 3. The standard InChI is InChI=1S/2C6H10O2.C3H4O2/c1-4(2)5(3)6(7)8;1-3-4-5(2)6(7)8;1-2-3(4)5/h4H,3H2,1-2H3,(H,7,8);2-4H2,1H3,(H,7,8);2H,1H2,(H,4,5). The zero-order valence-electron chi connectivity index (χ0n) is 12.8. The number of hydrogen-bond acceptors (Lipinski definition) is 3. The van der Waals surface area contributed by atoms with Gasteiger partial charge in [-0.15, -0.1) is 0 Å². The molecule has 0 unspecified atom stereocenters. The van der Waals surface area contributed by atoms with Crippen LogP contribution in [0.15, 0.2) is 37.0 Å². The highest BCUT2D eigenvalue weighted by Crippen LogP contribution is 2.04. The van der Waals surface area contributed by atoms with Gasteiger partial charge >= 0.3 is 17.9 Å². The molecule has 0 saturated carbocycles. The highest BCUT2D eigenvalue weighted by molar-refractivity contribution is 5.86. The topological polar surface area (TPSA) is 112 Å². The first-order chi connectivity index (χ1) is 9.50. The van der Waals surface area contributed by atoms with Crippen molar-refractivity contribution in [3.05, 3.63) is 37.0 Å². The molecule has 3 N–H and O–H groups in total. The van der Waals surface area contributed by atoms with E-state index in [1.165, 1.54) is 0 Å². The Balaban J connectivity index is -0.000000239. The molecule has 0 spiro atoms. The highest BCUT2D eigenvalue weighted by atomic mass is 16.4. The first kappa shape index (κ1) is 23.7. The van der Waals surface area contributed by atoms with E-state index >= 15 is 0 Å². The molecule has 0 aliphatic heterocycles. The molecule has 0 radical (unpaired) electrons. The minimum atomic E-state index is -0.981. The third-order valence-corrected chi connectivity index (χ3v) is 2.00. The predicted molar refractivity (Wildman–Crippen MR) is 81.1 cm³/mol. The second-order valence-corrected chi connectivity index (χ2v) is 4.19. The summed E-state index contributed by atoms with van der Waals surface area (Å²) in [5.74, 6) is -2.72. The Morgan fingerprint density at radius 3 is 1.48 bits per heavy atom. The van der Waals surface area contributed by atoms with E-state index in [-0.39, 0.29) is 11.5 Å². The smallest absolute Gasteiger partial charge is 0.331 e. The van der Waals surface area contributed by atoms with Crippen LogP contribution in [0, 0.1) is 5.92 Å². The van der Waals surface area contributed by atoms with Crippen molar-refractivity contribution < 1.29 is 29.7 Å². The number of rotatable bonds is 6. The zero-order chi connectivity index (χ0) is 17.6. The van der Waals surface area contributed by atoms with E-state index in [9.17, 15) is 14.4 Å². The van der Waals surface area contributed by atoms with E-state index in [1.807, 2.05) is 6.92 Å². The summed E-state index contributed by atoms with van der Waals surface area (Å²) in [6.45, 7) is 15.2. The molecule has 120 valence electrons. The molecule has 0 aromatic rings. The molecule has 0 aromatic heterocycles. The third-order valence-electron chi connectivity index (χ3n) is 2.00. The summed E-state index contributed by atoms with van der Waals surface area (Å²) in [7, 11) is 0. The number of carboxylic acid groups (broad SMARTS) is 3. The van der Waals surface area contributed by atoms with Crippen molar-refractivity contribution in [1.29, 1.82) is 0 Å². The molecule has 0 saturated heterocycles. The normalized spacial score (nSPS) is 8.38. The molecule has 0 aromatic carbocycles. The summed E-state index contributed by atoms with van der Waals surface area (Å²) in [4.78, 5) is 29.3. The van der Waals surface area contributed by atoms with Crippen LogP contribution in [0.4, 0.5) is 0 Å².